The van der Waals surface area contributed by atoms with E-state index in [9.17, 15) is 4.79 Å². The van der Waals surface area contributed by atoms with E-state index in [0.29, 0.717) is 13.2 Å². The second-order valence-corrected chi connectivity index (χ2v) is 4.48. The van der Waals surface area contributed by atoms with Crippen molar-refractivity contribution in [3.8, 4) is 0 Å². The highest BCUT2D eigenvalue weighted by Crippen LogP contribution is 2.29. The average molecular weight is 254 g/mol. The van der Waals surface area contributed by atoms with Gasteiger partial charge in [-0.1, -0.05) is 12.2 Å². The maximum Gasteiger partial charge on any atom is 0.309 e. The lowest BCUT2D eigenvalue weighted by Gasteiger charge is -2.04. The van der Waals surface area contributed by atoms with Crippen molar-refractivity contribution >= 4 is 23.4 Å². The molecule has 1 aromatic heterocycles. The first kappa shape index (κ1) is 12.3. The van der Waals surface area contributed by atoms with Crippen molar-refractivity contribution < 1.29 is 19.0 Å². The molecular formula is C12H14O4S. The molecule has 0 spiro atoms. The van der Waals surface area contributed by atoms with Gasteiger partial charge in [-0.25, -0.2) is 0 Å². The van der Waals surface area contributed by atoms with E-state index in [4.69, 9.17) is 9.47 Å². The molecule has 0 atom stereocenters. The highest BCUT2D eigenvalue weighted by molar-refractivity contribution is 7.10. The molecule has 1 fully saturated rings. The Balaban J connectivity index is 1.91. The molecule has 2 heterocycles. The van der Waals surface area contributed by atoms with Crippen molar-refractivity contribution in [2.75, 3.05) is 20.3 Å². The first-order valence-electron chi connectivity index (χ1n) is 5.34. The number of esters is 1. The van der Waals surface area contributed by atoms with Crippen molar-refractivity contribution in [2.24, 2.45) is 0 Å². The highest BCUT2D eigenvalue weighted by Gasteiger charge is 2.19. The molecule has 0 unspecified atom stereocenters. The topological polar surface area (TPSA) is 44.8 Å². The van der Waals surface area contributed by atoms with Crippen molar-refractivity contribution in [1.29, 1.82) is 0 Å². The molecule has 0 radical (unpaired) electrons. The van der Waals surface area contributed by atoms with Gasteiger partial charge in [0.25, 0.3) is 0 Å². The molecule has 0 aliphatic carbocycles. The fourth-order valence-corrected chi connectivity index (χ4v) is 2.35. The monoisotopic (exact) mass is 254 g/mol. The minimum Gasteiger partial charge on any atom is -0.469 e. The number of hydrogen-bond acceptors (Lipinski definition) is 5. The highest BCUT2D eigenvalue weighted by atomic mass is 32.1. The Morgan fingerprint density at radius 2 is 2.35 bits per heavy atom. The van der Waals surface area contributed by atoms with Gasteiger partial charge in [0.1, 0.15) is 0 Å². The first-order chi connectivity index (χ1) is 8.29. The fraction of sp³-hybridized carbons (Fsp3) is 0.417. The third kappa shape index (κ3) is 3.39. The van der Waals surface area contributed by atoms with E-state index >= 15 is 0 Å². The van der Waals surface area contributed by atoms with E-state index in [0.717, 1.165) is 10.4 Å². The number of ether oxygens (including phenoxy) is 3. The SMILES string of the molecule is COC(=O)CC=Cc1csc(C2OCCO2)c1. The van der Waals surface area contributed by atoms with Crippen LogP contribution in [0.4, 0.5) is 0 Å². The van der Waals surface area contributed by atoms with E-state index < -0.39 is 0 Å². The zero-order chi connectivity index (χ0) is 12.1. The summed E-state index contributed by atoms with van der Waals surface area (Å²) in [5.41, 5.74) is 1.05. The third-order valence-corrected chi connectivity index (χ3v) is 3.29. The van der Waals surface area contributed by atoms with Crippen LogP contribution in [0.2, 0.25) is 0 Å². The van der Waals surface area contributed by atoms with Crippen LogP contribution in [0, 0.1) is 0 Å². The summed E-state index contributed by atoms with van der Waals surface area (Å²) >= 11 is 1.59. The van der Waals surface area contributed by atoms with E-state index in [-0.39, 0.29) is 18.7 Å². The Kier molecular flexibility index (Phi) is 4.30. The molecule has 0 saturated carbocycles. The van der Waals surface area contributed by atoms with Gasteiger partial charge < -0.3 is 14.2 Å². The van der Waals surface area contributed by atoms with E-state index in [2.05, 4.69) is 4.74 Å². The number of carbonyl (C=O) groups is 1. The van der Waals surface area contributed by atoms with Crippen molar-refractivity contribution in [2.45, 2.75) is 12.7 Å². The second-order valence-electron chi connectivity index (χ2n) is 3.54. The summed E-state index contributed by atoms with van der Waals surface area (Å²) in [6.07, 6.45) is 3.75. The Bertz CT molecular complexity index is 404. The number of thiophene rings is 1. The molecule has 0 N–H and O–H groups in total. The molecule has 1 aromatic rings. The quantitative estimate of drug-likeness (QED) is 0.774. The molecule has 0 bridgehead atoms. The van der Waals surface area contributed by atoms with Crippen molar-refractivity contribution in [3.63, 3.8) is 0 Å². The summed E-state index contributed by atoms with van der Waals surface area (Å²) in [5, 5.41) is 2.01. The summed E-state index contributed by atoms with van der Waals surface area (Å²) < 4.78 is 15.4. The molecule has 5 heteroatoms. The lowest BCUT2D eigenvalue weighted by atomic mass is 10.2. The van der Waals surface area contributed by atoms with Gasteiger partial charge in [-0.3, -0.25) is 4.79 Å². The van der Waals surface area contributed by atoms with Gasteiger partial charge in [0.2, 0.25) is 0 Å². The Morgan fingerprint density at radius 1 is 1.59 bits per heavy atom. The molecular weight excluding hydrogens is 240 g/mol. The maximum absolute atomic E-state index is 10.9. The van der Waals surface area contributed by atoms with Crippen LogP contribution in [0.1, 0.15) is 23.2 Å². The largest absolute Gasteiger partial charge is 0.469 e. The van der Waals surface area contributed by atoms with Crippen molar-refractivity contribution in [3.05, 3.63) is 28.0 Å². The average Bonchev–Trinajstić information content (AvgIpc) is 2.98. The summed E-state index contributed by atoms with van der Waals surface area (Å²) in [7, 11) is 1.38. The van der Waals surface area contributed by atoms with Crippen LogP contribution in [-0.4, -0.2) is 26.3 Å². The van der Waals surface area contributed by atoms with Gasteiger partial charge in [-0.05, 0) is 17.0 Å². The normalized spacial score (nSPS) is 16.8. The summed E-state index contributed by atoms with van der Waals surface area (Å²) in [4.78, 5) is 12.0. The van der Waals surface area contributed by atoms with Crippen LogP contribution in [0.15, 0.2) is 17.5 Å². The minimum atomic E-state index is -0.237. The second kappa shape index (κ2) is 5.95. The molecule has 0 aromatic carbocycles. The lowest BCUT2D eigenvalue weighted by molar-refractivity contribution is -0.139. The number of methoxy groups -OCH3 is 1. The smallest absolute Gasteiger partial charge is 0.309 e. The summed E-state index contributed by atoms with van der Waals surface area (Å²) in [5.74, 6) is -0.237. The standard InChI is InChI=1S/C12H14O4S/c1-14-11(13)4-2-3-9-7-10(17-8-9)12-15-5-6-16-12/h2-3,7-8,12H,4-6H2,1H3. The Labute approximate surface area is 104 Å². The van der Waals surface area contributed by atoms with Crippen LogP contribution >= 0.6 is 11.3 Å². The van der Waals surface area contributed by atoms with E-state index in [1.807, 2.05) is 17.5 Å². The molecule has 17 heavy (non-hydrogen) atoms. The predicted molar refractivity (Wildman–Crippen MR) is 64.6 cm³/mol. The van der Waals surface area contributed by atoms with E-state index in [1.165, 1.54) is 7.11 Å². The van der Waals surface area contributed by atoms with Crippen LogP contribution < -0.4 is 0 Å². The Hall–Kier alpha value is -1.17. The zero-order valence-electron chi connectivity index (χ0n) is 9.55. The van der Waals surface area contributed by atoms with Gasteiger partial charge in [-0.15, -0.1) is 11.3 Å². The number of hydrogen-bond donors (Lipinski definition) is 0. The summed E-state index contributed by atoms with van der Waals surface area (Å²) in [6.45, 7) is 1.30. The first-order valence-corrected chi connectivity index (χ1v) is 6.22. The van der Waals surface area contributed by atoms with E-state index in [1.54, 1.807) is 17.4 Å². The van der Waals surface area contributed by atoms with Crippen molar-refractivity contribution in [1.82, 2.24) is 0 Å². The molecule has 1 aliphatic heterocycles. The minimum absolute atomic E-state index is 0.220. The fourth-order valence-electron chi connectivity index (χ4n) is 1.48. The molecule has 92 valence electrons. The van der Waals surface area contributed by atoms with Gasteiger partial charge in [0.15, 0.2) is 6.29 Å². The van der Waals surface area contributed by atoms with Crippen LogP contribution in [0.5, 0.6) is 0 Å². The number of carbonyl (C=O) groups excluding carboxylic acids is 1. The lowest BCUT2D eigenvalue weighted by Crippen LogP contribution is -1.96. The molecule has 1 saturated heterocycles. The molecule has 2 rings (SSSR count). The van der Waals surface area contributed by atoms with Crippen LogP contribution in [0.3, 0.4) is 0 Å². The molecule has 4 nitrogen and oxygen atoms in total. The van der Waals surface area contributed by atoms with Gasteiger partial charge in [-0.2, -0.15) is 0 Å². The van der Waals surface area contributed by atoms with Gasteiger partial charge in [0, 0.05) is 0 Å². The molecule has 0 amide bonds. The summed E-state index contributed by atoms with van der Waals surface area (Å²) in [6, 6.07) is 2.01. The van der Waals surface area contributed by atoms with Gasteiger partial charge >= 0.3 is 5.97 Å². The third-order valence-electron chi connectivity index (χ3n) is 2.32. The van der Waals surface area contributed by atoms with Crippen LogP contribution in [-0.2, 0) is 19.0 Å². The van der Waals surface area contributed by atoms with Crippen LogP contribution in [0.25, 0.3) is 6.08 Å². The van der Waals surface area contributed by atoms with Gasteiger partial charge in [0.05, 0.1) is 31.6 Å². The molecule has 1 aliphatic rings. The maximum atomic E-state index is 10.9. The number of rotatable bonds is 4. The predicted octanol–water partition coefficient (Wildman–Crippen LogP) is 2.37. The zero-order valence-corrected chi connectivity index (χ0v) is 10.4. The Morgan fingerprint density at radius 3 is 3.06 bits per heavy atom.